The van der Waals surface area contributed by atoms with E-state index in [-0.39, 0.29) is 0 Å². The zero-order chi connectivity index (χ0) is 20.9. The number of rotatable bonds is 5. The number of para-hydroxylation sites is 1. The fraction of sp³-hybridized carbons (Fsp3) is 0. The summed E-state index contributed by atoms with van der Waals surface area (Å²) in [7, 11) is 0. The molecule has 148 valence electrons. The molecule has 1 nitrogen and oxygen atoms in total. The van der Waals surface area contributed by atoms with E-state index in [1.807, 2.05) is 6.07 Å². The van der Waals surface area contributed by atoms with Crippen molar-refractivity contribution in [1.29, 1.82) is 0 Å². The normalized spacial score (nSPS) is 10.6. The number of benzene rings is 5. The summed E-state index contributed by atoms with van der Waals surface area (Å²) in [6.07, 6.45) is 0. The van der Waals surface area contributed by atoms with Gasteiger partial charge in [0.1, 0.15) is 0 Å². The second-order valence-electron chi connectivity index (χ2n) is 7.53. The Morgan fingerprint density at radius 2 is 0.839 bits per heavy atom. The maximum absolute atomic E-state index is 3.64. The molecule has 0 aliphatic carbocycles. The summed E-state index contributed by atoms with van der Waals surface area (Å²) in [5.74, 6) is 0. The summed E-state index contributed by atoms with van der Waals surface area (Å²) >= 11 is 0. The average Bonchev–Trinajstić information content (AvgIpc) is 2.86. The maximum atomic E-state index is 3.64. The van der Waals surface area contributed by atoms with Crippen LogP contribution in [0.1, 0.15) is 0 Å². The van der Waals surface area contributed by atoms with Gasteiger partial charge in [0.2, 0.25) is 0 Å². The van der Waals surface area contributed by atoms with Gasteiger partial charge in [-0.2, -0.15) is 0 Å². The summed E-state index contributed by atoms with van der Waals surface area (Å²) in [6.45, 7) is 0. The number of hydrogen-bond donors (Lipinski definition) is 1. The summed E-state index contributed by atoms with van der Waals surface area (Å²) in [4.78, 5) is 0. The van der Waals surface area contributed by atoms with Crippen LogP contribution >= 0.6 is 0 Å². The van der Waals surface area contributed by atoms with E-state index in [4.69, 9.17) is 0 Å². The van der Waals surface area contributed by atoms with Gasteiger partial charge >= 0.3 is 0 Å². The molecule has 0 aromatic heterocycles. The first kappa shape index (κ1) is 18.9. The molecular weight excluding hydrogens is 374 g/mol. The lowest BCUT2D eigenvalue weighted by atomic mass is 9.94. The monoisotopic (exact) mass is 397 g/mol. The molecule has 0 saturated heterocycles. The molecule has 5 aromatic carbocycles. The van der Waals surface area contributed by atoms with Crippen LogP contribution in [0.2, 0.25) is 0 Å². The largest absolute Gasteiger partial charge is 0.355 e. The van der Waals surface area contributed by atoms with Crippen molar-refractivity contribution in [2.75, 3.05) is 5.32 Å². The number of nitrogens with one attached hydrogen (secondary N) is 1. The smallest absolute Gasteiger partial charge is 0.0463 e. The van der Waals surface area contributed by atoms with E-state index in [9.17, 15) is 0 Å². The van der Waals surface area contributed by atoms with Crippen LogP contribution in [0.15, 0.2) is 133 Å². The predicted molar refractivity (Wildman–Crippen MR) is 132 cm³/mol. The highest BCUT2D eigenvalue weighted by molar-refractivity contribution is 5.86. The average molecular weight is 398 g/mol. The van der Waals surface area contributed by atoms with Crippen molar-refractivity contribution in [1.82, 2.24) is 0 Å². The molecule has 0 saturated carbocycles. The molecule has 0 heterocycles. The van der Waals surface area contributed by atoms with Crippen LogP contribution in [0.25, 0.3) is 33.4 Å². The van der Waals surface area contributed by atoms with Gasteiger partial charge in [-0.15, -0.1) is 0 Å². The van der Waals surface area contributed by atoms with Gasteiger partial charge in [0, 0.05) is 16.9 Å². The van der Waals surface area contributed by atoms with E-state index >= 15 is 0 Å². The van der Waals surface area contributed by atoms with Crippen molar-refractivity contribution < 1.29 is 0 Å². The Balaban J connectivity index is 1.52. The van der Waals surface area contributed by atoms with E-state index in [2.05, 4.69) is 133 Å². The molecule has 1 heteroatoms. The predicted octanol–water partition coefficient (Wildman–Crippen LogP) is 8.43. The van der Waals surface area contributed by atoms with E-state index in [0.29, 0.717) is 0 Å². The summed E-state index contributed by atoms with van der Waals surface area (Å²) < 4.78 is 0. The van der Waals surface area contributed by atoms with E-state index in [1.54, 1.807) is 0 Å². The molecule has 0 aliphatic rings. The summed E-state index contributed by atoms with van der Waals surface area (Å²) in [5, 5.41) is 3.64. The molecule has 0 aliphatic heterocycles. The minimum atomic E-state index is 1.07. The summed E-state index contributed by atoms with van der Waals surface area (Å²) in [6, 6.07) is 46.7. The topological polar surface area (TPSA) is 12.0 Å². The minimum absolute atomic E-state index is 1.07. The Labute approximate surface area is 183 Å². The minimum Gasteiger partial charge on any atom is -0.355 e. The quantitative estimate of drug-likeness (QED) is 0.314. The van der Waals surface area contributed by atoms with Crippen LogP contribution < -0.4 is 5.32 Å². The highest BCUT2D eigenvalue weighted by Gasteiger charge is 2.09. The molecule has 1 N–H and O–H groups in total. The second kappa shape index (κ2) is 8.73. The van der Waals surface area contributed by atoms with Gasteiger partial charge < -0.3 is 5.32 Å². The Hall–Kier alpha value is -4.10. The van der Waals surface area contributed by atoms with Crippen molar-refractivity contribution in [3.8, 4) is 33.4 Å². The van der Waals surface area contributed by atoms with Gasteiger partial charge in [-0.05, 0) is 46.0 Å². The molecule has 0 atom stereocenters. The Bertz CT molecular complexity index is 1290. The van der Waals surface area contributed by atoms with Gasteiger partial charge in [0.05, 0.1) is 0 Å². The van der Waals surface area contributed by atoms with Crippen molar-refractivity contribution in [3.63, 3.8) is 0 Å². The zero-order valence-electron chi connectivity index (χ0n) is 17.2. The maximum Gasteiger partial charge on any atom is 0.0463 e. The second-order valence-corrected chi connectivity index (χ2v) is 7.53. The fourth-order valence-electron chi connectivity index (χ4n) is 3.99. The van der Waals surface area contributed by atoms with Crippen LogP contribution in [0, 0.1) is 0 Å². The molecule has 0 radical (unpaired) electrons. The van der Waals surface area contributed by atoms with Crippen molar-refractivity contribution in [2.45, 2.75) is 0 Å². The lowest BCUT2D eigenvalue weighted by Crippen LogP contribution is -1.94. The standard InChI is InChI=1S/C30H23N/c1-3-12-23(13-4-1)27-18-7-8-19-28(27)25-16-11-17-26(22-25)31-30-21-10-9-20-29(30)24-14-5-2-6-15-24/h1-22,31H. The molecule has 0 unspecified atom stereocenters. The van der Waals surface area contributed by atoms with Crippen LogP contribution in [0.3, 0.4) is 0 Å². The van der Waals surface area contributed by atoms with Gasteiger partial charge in [-0.25, -0.2) is 0 Å². The van der Waals surface area contributed by atoms with Crippen LogP contribution in [-0.4, -0.2) is 0 Å². The molecule has 0 fully saturated rings. The van der Waals surface area contributed by atoms with Crippen molar-refractivity contribution in [2.24, 2.45) is 0 Å². The first-order valence-corrected chi connectivity index (χ1v) is 10.5. The highest BCUT2D eigenvalue weighted by Crippen LogP contribution is 2.35. The fourth-order valence-corrected chi connectivity index (χ4v) is 3.99. The lowest BCUT2D eigenvalue weighted by molar-refractivity contribution is 1.52. The van der Waals surface area contributed by atoms with E-state index in [1.165, 1.54) is 33.4 Å². The van der Waals surface area contributed by atoms with E-state index < -0.39 is 0 Å². The summed E-state index contributed by atoms with van der Waals surface area (Å²) in [5.41, 5.74) is 9.46. The van der Waals surface area contributed by atoms with Gasteiger partial charge in [0.25, 0.3) is 0 Å². The molecule has 31 heavy (non-hydrogen) atoms. The molecule has 0 bridgehead atoms. The lowest BCUT2D eigenvalue weighted by Gasteiger charge is -2.15. The highest BCUT2D eigenvalue weighted by atomic mass is 14.9. The van der Waals surface area contributed by atoms with Gasteiger partial charge in [-0.1, -0.05) is 115 Å². The van der Waals surface area contributed by atoms with Gasteiger partial charge in [0.15, 0.2) is 0 Å². The third kappa shape index (κ3) is 4.12. The Morgan fingerprint density at radius 1 is 0.355 bits per heavy atom. The molecular formula is C30H23N. The van der Waals surface area contributed by atoms with Crippen molar-refractivity contribution >= 4 is 11.4 Å². The Kier molecular flexibility index (Phi) is 5.32. The van der Waals surface area contributed by atoms with Crippen LogP contribution in [0.4, 0.5) is 11.4 Å². The number of hydrogen-bond acceptors (Lipinski definition) is 1. The van der Waals surface area contributed by atoms with E-state index in [0.717, 1.165) is 11.4 Å². The molecule has 5 aromatic rings. The third-order valence-electron chi connectivity index (χ3n) is 5.48. The van der Waals surface area contributed by atoms with Gasteiger partial charge in [-0.3, -0.25) is 0 Å². The zero-order valence-corrected chi connectivity index (χ0v) is 17.2. The first-order valence-electron chi connectivity index (χ1n) is 10.5. The SMILES string of the molecule is c1ccc(-c2ccccc2Nc2cccc(-c3ccccc3-c3ccccc3)c2)cc1. The Morgan fingerprint density at radius 3 is 1.52 bits per heavy atom. The van der Waals surface area contributed by atoms with Crippen LogP contribution in [-0.2, 0) is 0 Å². The van der Waals surface area contributed by atoms with Crippen LogP contribution in [0.5, 0.6) is 0 Å². The third-order valence-corrected chi connectivity index (χ3v) is 5.48. The molecule has 5 rings (SSSR count). The molecule has 0 amide bonds. The molecule has 0 spiro atoms. The first-order chi connectivity index (χ1) is 15.4. The van der Waals surface area contributed by atoms with Crippen molar-refractivity contribution in [3.05, 3.63) is 133 Å². The number of anilines is 2.